The van der Waals surface area contributed by atoms with Gasteiger partial charge in [-0.05, 0) is 35.9 Å². The normalized spacial score (nSPS) is 14.8. The van der Waals surface area contributed by atoms with Gasteiger partial charge >= 0.3 is 5.97 Å². The molecule has 0 fully saturated rings. The second-order valence-electron chi connectivity index (χ2n) is 8.83. The number of fused-ring (bicyclic) bond motifs is 4. The lowest BCUT2D eigenvalue weighted by Gasteiger charge is -2.25. The predicted molar refractivity (Wildman–Crippen MR) is 137 cm³/mol. The minimum absolute atomic E-state index is 0.00161. The monoisotopic (exact) mass is 512 g/mol. The summed E-state index contributed by atoms with van der Waals surface area (Å²) in [6.45, 7) is 0. The highest BCUT2D eigenvalue weighted by atomic mass is 16.5. The van der Waals surface area contributed by atoms with Gasteiger partial charge in [-0.15, -0.1) is 0 Å². The fourth-order valence-electron chi connectivity index (χ4n) is 4.86. The maximum atomic E-state index is 13.6. The maximum absolute atomic E-state index is 13.6. The summed E-state index contributed by atoms with van der Waals surface area (Å²) in [4.78, 5) is 39.6. The number of rotatable bonds is 4. The third-order valence-corrected chi connectivity index (χ3v) is 6.75. The molecule has 0 amide bonds. The van der Waals surface area contributed by atoms with E-state index in [0.29, 0.717) is 28.2 Å². The number of aromatic hydroxyl groups is 1. The van der Waals surface area contributed by atoms with Crippen LogP contribution in [0.15, 0.2) is 79.5 Å². The molecule has 1 aliphatic heterocycles. The van der Waals surface area contributed by atoms with Gasteiger partial charge in [0.25, 0.3) is 0 Å². The second kappa shape index (κ2) is 8.81. The van der Waals surface area contributed by atoms with Crippen LogP contribution in [0.4, 0.5) is 0 Å². The third-order valence-electron chi connectivity index (χ3n) is 6.75. The number of carbonyl (C=O) groups is 1. The van der Waals surface area contributed by atoms with Crippen LogP contribution in [-0.2, 0) is 4.79 Å². The third kappa shape index (κ3) is 3.59. The molecule has 190 valence electrons. The van der Waals surface area contributed by atoms with Crippen molar-refractivity contribution in [2.45, 2.75) is 12.3 Å². The number of hydrogen-bond donors (Lipinski definition) is 1. The van der Waals surface area contributed by atoms with Gasteiger partial charge in [-0.1, -0.05) is 12.1 Å². The summed E-state index contributed by atoms with van der Waals surface area (Å²) < 4.78 is 27.5. The summed E-state index contributed by atoms with van der Waals surface area (Å²) in [5.41, 5.74) is 0.775. The van der Waals surface area contributed by atoms with E-state index in [1.165, 1.54) is 32.8 Å². The molecule has 1 atom stereocenters. The Bertz CT molecular complexity index is 1860. The molecular formula is C29H20O9. The molecule has 0 radical (unpaired) electrons. The molecule has 2 aromatic heterocycles. The number of carbonyl (C=O) groups excluding carboxylic acids is 1. The molecule has 0 bridgehead atoms. The van der Waals surface area contributed by atoms with Crippen LogP contribution in [0.3, 0.4) is 0 Å². The molecule has 0 saturated carbocycles. The first-order chi connectivity index (χ1) is 18.4. The molecule has 1 N–H and O–H groups in total. The predicted octanol–water partition coefficient (Wildman–Crippen LogP) is 4.73. The lowest BCUT2D eigenvalue weighted by Crippen LogP contribution is -2.25. The minimum atomic E-state index is -0.851. The molecule has 3 heterocycles. The lowest BCUT2D eigenvalue weighted by molar-refractivity contribution is -0.135. The summed E-state index contributed by atoms with van der Waals surface area (Å²) in [6.07, 6.45) is 2.39. The van der Waals surface area contributed by atoms with Gasteiger partial charge in [0.05, 0.1) is 37.9 Å². The van der Waals surface area contributed by atoms with Crippen LogP contribution in [0.5, 0.6) is 23.0 Å². The Kier molecular flexibility index (Phi) is 5.41. The SMILES string of the molecule is COc1ccc(-c2coc3c4c(cc(O)c3c2=O)OC(=O)C[C@H]4c2coc3ccc(OC)cc3c2=O)cc1. The van der Waals surface area contributed by atoms with Crippen molar-refractivity contribution < 1.29 is 32.9 Å². The highest BCUT2D eigenvalue weighted by Gasteiger charge is 2.35. The highest BCUT2D eigenvalue weighted by molar-refractivity contribution is 5.94. The Hall–Kier alpha value is -5.05. The van der Waals surface area contributed by atoms with E-state index in [4.69, 9.17) is 23.0 Å². The number of hydrogen-bond acceptors (Lipinski definition) is 9. The number of ether oxygens (including phenoxy) is 3. The average Bonchev–Trinajstić information content (AvgIpc) is 2.92. The molecule has 6 rings (SSSR count). The van der Waals surface area contributed by atoms with E-state index in [-0.39, 0.29) is 45.1 Å². The zero-order valence-corrected chi connectivity index (χ0v) is 20.3. The van der Waals surface area contributed by atoms with E-state index in [0.717, 1.165) is 0 Å². The zero-order valence-electron chi connectivity index (χ0n) is 20.3. The van der Waals surface area contributed by atoms with Gasteiger partial charge in [0, 0.05) is 23.1 Å². The largest absolute Gasteiger partial charge is 0.507 e. The second-order valence-corrected chi connectivity index (χ2v) is 8.83. The van der Waals surface area contributed by atoms with Crippen molar-refractivity contribution in [3.8, 4) is 34.1 Å². The first-order valence-electron chi connectivity index (χ1n) is 11.7. The van der Waals surface area contributed by atoms with E-state index in [1.807, 2.05) is 0 Å². The summed E-state index contributed by atoms with van der Waals surface area (Å²) in [6, 6.07) is 12.9. The summed E-state index contributed by atoms with van der Waals surface area (Å²) in [7, 11) is 3.03. The molecule has 0 unspecified atom stereocenters. The number of methoxy groups -OCH3 is 2. The quantitative estimate of drug-likeness (QED) is 0.269. The van der Waals surface area contributed by atoms with Gasteiger partial charge < -0.3 is 28.2 Å². The van der Waals surface area contributed by atoms with Crippen molar-refractivity contribution in [1.82, 2.24) is 0 Å². The Morgan fingerprint density at radius 1 is 0.868 bits per heavy atom. The van der Waals surface area contributed by atoms with Crippen molar-refractivity contribution in [2.75, 3.05) is 14.2 Å². The first-order valence-corrected chi connectivity index (χ1v) is 11.7. The Morgan fingerprint density at radius 2 is 1.61 bits per heavy atom. The van der Waals surface area contributed by atoms with E-state index in [9.17, 15) is 19.5 Å². The maximum Gasteiger partial charge on any atom is 0.312 e. The highest BCUT2D eigenvalue weighted by Crippen LogP contribution is 2.45. The molecule has 0 spiro atoms. The van der Waals surface area contributed by atoms with Crippen LogP contribution in [-0.4, -0.2) is 25.3 Å². The summed E-state index contributed by atoms with van der Waals surface area (Å²) in [5.74, 6) is -0.779. The smallest absolute Gasteiger partial charge is 0.312 e. The van der Waals surface area contributed by atoms with Gasteiger partial charge in [-0.2, -0.15) is 0 Å². The fraction of sp³-hybridized carbons (Fsp3) is 0.138. The van der Waals surface area contributed by atoms with Crippen molar-refractivity contribution in [1.29, 1.82) is 0 Å². The first kappa shape index (κ1) is 23.4. The summed E-state index contributed by atoms with van der Waals surface area (Å²) in [5, 5.41) is 11.0. The zero-order chi connectivity index (χ0) is 26.6. The molecule has 1 aliphatic rings. The van der Waals surface area contributed by atoms with E-state index in [1.54, 1.807) is 42.5 Å². The van der Waals surface area contributed by atoms with Gasteiger partial charge in [0.1, 0.15) is 45.8 Å². The van der Waals surface area contributed by atoms with Crippen molar-refractivity contribution in [3.63, 3.8) is 0 Å². The number of esters is 1. The van der Waals surface area contributed by atoms with Gasteiger partial charge in [-0.25, -0.2) is 0 Å². The van der Waals surface area contributed by atoms with E-state index >= 15 is 0 Å². The molecule has 9 heteroatoms. The van der Waals surface area contributed by atoms with Crippen LogP contribution in [0.1, 0.15) is 23.5 Å². The number of phenols is 1. The molecule has 3 aromatic carbocycles. The molecule has 9 nitrogen and oxygen atoms in total. The van der Waals surface area contributed by atoms with Crippen LogP contribution in [0, 0.1) is 0 Å². The van der Waals surface area contributed by atoms with Gasteiger partial charge in [0.2, 0.25) is 5.43 Å². The number of phenolic OH excluding ortho intramolecular Hbond substituents is 1. The van der Waals surface area contributed by atoms with Crippen molar-refractivity contribution >= 4 is 27.9 Å². The van der Waals surface area contributed by atoms with Crippen LogP contribution in [0.25, 0.3) is 33.1 Å². The van der Waals surface area contributed by atoms with Gasteiger partial charge in [0.15, 0.2) is 5.43 Å². The van der Waals surface area contributed by atoms with E-state index in [2.05, 4.69) is 0 Å². The van der Waals surface area contributed by atoms with Crippen LogP contribution in [0.2, 0.25) is 0 Å². The van der Waals surface area contributed by atoms with E-state index < -0.39 is 23.1 Å². The lowest BCUT2D eigenvalue weighted by atomic mass is 9.85. The fourth-order valence-corrected chi connectivity index (χ4v) is 4.86. The molecule has 5 aromatic rings. The molecule has 0 saturated heterocycles. The van der Waals surface area contributed by atoms with Crippen molar-refractivity contribution in [2.24, 2.45) is 0 Å². The van der Waals surface area contributed by atoms with Crippen molar-refractivity contribution in [3.05, 3.63) is 92.6 Å². The topological polar surface area (TPSA) is 125 Å². The molecular weight excluding hydrogens is 492 g/mol. The Balaban J connectivity index is 1.59. The number of benzene rings is 3. The van der Waals surface area contributed by atoms with Crippen LogP contribution >= 0.6 is 0 Å². The minimum Gasteiger partial charge on any atom is -0.507 e. The van der Waals surface area contributed by atoms with Crippen LogP contribution < -0.4 is 25.1 Å². The standard InChI is InChI=1S/C29H20O9/c1-34-15-5-3-14(4-6-15)19-12-37-29-25-17(10-24(31)38-23(25)11-21(30)26(29)28(19)33)20-13-36-22-8-7-16(35-2)9-18(22)27(20)32/h3-9,11-13,17,30H,10H2,1-2H3/t17-/m0/s1. The summed E-state index contributed by atoms with van der Waals surface area (Å²) >= 11 is 0. The Labute approximate surface area is 214 Å². The van der Waals surface area contributed by atoms with Gasteiger partial charge in [-0.3, -0.25) is 14.4 Å². The molecule has 38 heavy (non-hydrogen) atoms. The average molecular weight is 512 g/mol. The molecule has 0 aliphatic carbocycles. The Morgan fingerprint density at radius 3 is 2.34 bits per heavy atom.